The summed E-state index contributed by atoms with van der Waals surface area (Å²) in [5, 5.41) is 2.05. The Hall–Kier alpha value is -2.59. The summed E-state index contributed by atoms with van der Waals surface area (Å²) in [5.41, 5.74) is 2.73. The van der Waals surface area contributed by atoms with Crippen LogP contribution in [0.25, 0.3) is 0 Å². The van der Waals surface area contributed by atoms with E-state index in [9.17, 15) is 17.6 Å². The van der Waals surface area contributed by atoms with Crippen molar-refractivity contribution < 1.29 is 17.6 Å². The fourth-order valence-electron chi connectivity index (χ4n) is 5.33. The summed E-state index contributed by atoms with van der Waals surface area (Å²) in [6.07, 6.45) is 0.855. The molecule has 3 heterocycles. The number of sulfonamides is 1. The number of carbonyl (C=O) groups excluding carboxylic acids is 1. The van der Waals surface area contributed by atoms with Crippen molar-refractivity contribution in [2.45, 2.75) is 31.2 Å². The lowest BCUT2D eigenvalue weighted by atomic mass is 9.93. The molecule has 2 unspecified atom stereocenters. The van der Waals surface area contributed by atoms with Gasteiger partial charge in [0.05, 0.1) is 18.3 Å². The fourth-order valence-corrected chi connectivity index (χ4v) is 7.99. The molecule has 1 aromatic heterocycles. The molecule has 2 aliphatic rings. The van der Waals surface area contributed by atoms with Gasteiger partial charge in [0.1, 0.15) is 5.82 Å². The zero-order chi connectivity index (χ0) is 25.3. The number of hydrogen-bond acceptors (Lipinski definition) is 5. The molecular formula is C27H30FN3O3S2. The summed E-state index contributed by atoms with van der Waals surface area (Å²) in [7, 11) is -3.49. The Kier molecular flexibility index (Phi) is 7.25. The van der Waals surface area contributed by atoms with E-state index in [1.54, 1.807) is 28.4 Å². The zero-order valence-corrected chi connectivity index (χ0v) is 21.8. The highest BCUT2D eigenvalue weighted by molar-refractivity contribution is 7.88. The summed E-state index contributed by atoms with van der Waals surface area (Å²) in [6.45, 7) is 3.77. The topological polar surface area (TPSA) is 60.9 Å². The van der Waals surface area contributed by atoms with Crippen LogP contribution in [0.1, 0.15) is 34.5 Å². The second-order valence-electron chi connectivity index (χ2n) is 9.52. The van der Waals surface area contributed by atoms with Crippen molar-refractivity contribution in [2.24, 2.45) is 0 Å². The van der Waals surface area contributed by atoms with Gasteiger partial charge in [0.15, 0.2) is 0 Å². The molecule has 0 N–H and O–H groups in total. The first-order chi connectivity index (χ1) is 17.3. The third-order valence-electron chi connectivity index (χ3n) is 7.04. The van der Waals surface area contributed by atoms with E-state index >= 15 is 0 Å². The van der Waals surface area contributed by atoms with Crippen molar-refractivity contribution in [3.05, 3.63) is 93.4 Å². The minimum atomic E-state index is -3.49. The first kappa shape index (κ1) is 25.1. The lowest BCUT2D eigenvalue weighted by molar-refractivity contribution is -0.135. The van der Waals surface area contributed by atoms with Crippen LogP contribution in [0.4, 0.5) is 4.39 Å². The summed E-state index contributed by atoms with van der Waals surface area (Å²) >= 11 is 1.70. The largest absolute Gasteiger partial charge is 0.339 e. The van der Waals surface area contributed by atoms with E-state index in [1.165, 1.54) is 15.2 Å². The van der Waals surface area contributed by atoms with Crippen LogP contribution in [0, 0.1) is 5.82 Å². The van der Waals surface area contributed by atoms with Gasteiger partial charge in [-0.05, 0) is 53.6 Å². The number of nitrogens with zero attached hydrogens (tertiary/aromatic N) is 3. The molecule has 3 aromatic rings. The molecule has 6 nitrogen and oxygen atoms in total. The van der Waals surface area contributed by atoms with Crippen LogP contribution in [0.15, 0.2) is 66.0 Å². The quantitative estimate of drug-likeness (QED) is 0.488. The molecule has 0 aliphatic carbocycles. The molecule has 0 bridgehead atoms. The number of hydrogen-bond donors (Lipinski definition) is 0. The molecular weight excluding hydrogens is 497 g/mol. The molecule has 36 heavy (non-hydrogen) atoms. The smallest absolute Gasteiger partial charge is 0.236 e. The number of fused-ring (bicyclic) bond motifs is 1. The van der Waals surface area contributed by atoms with Crippen LogP contribution in [-0.2, 0) is 27.0 Å². The number of halogens is 1. The van der Waals surface area contributed by atoms with E-state index in [-0.39, 0.29) is 42.7 Å². The van der Waals surface area contributed by atoms with Crippen molar-refractivity contribution in [3.63, 3.8) is 0 Å². The molecule has 2 aliphatic heterocycles. The zero-order valence-electron chi connectivity index (χ0n) is 20.2. The second-order valence-corrected chi connectivity index (χ2v) is 12.4. The molecule has 1 amide bonds. The second kappa shape index (κ2) is 10.4. The van der Waals surface area contributed by atoms with Crippen molar-refractivity contribution in [2.75, 3.05) is 32.7 Å². The van der Waals surface area contributed by atoms with Gasteiger partial charge in [-0.1, -0.05) is 42.5 Å². The first-order valence-electron chi connectivity index (χ1n) is 12.2. The highest BCUT2D eigenvalue weighted by atomic mass is 32.2. The SMILES string of the molecule is CC1CN(C(=O)CN2CCc3sccc3C2c2cccc(F)c2)CCN1S(=O)(=O)Cc1ccccc1. The van der Waals surface area contributed by atoms with Crippen molar-refractivity contribution in [3.8, 4) is 0 Å². The van der Waals surface area contributed by atoms with Crippen LogP contribution >= 0.6 is 11.3 Å². The normalized spacial score (nSPS) is 21.3. The summed E-state index contributed by atoms with van der Waals surface area (Å²) < 4.78 is 41.7. The van der Waals surface area contributed by atoms with Gasteiger partial charge >= 0.3 is 0 Å². The Morgan fingerprint density at radius 3 is 2.61 bits per heavy atom. The maximum atomic E-state index is 14.1. The maximum absolute atomic E-state index is 14.1. The number of carbonyl (C=O) groups is 1. The first-order valence-corrected chi connectivity index (χ1v) is 14.7. The van der Waals surface area contributed by atoms with E-state index in [0.717, 1.165) is 23.1 Å². The molecule has 5 rings (SSSR count). The summed E-state index contributed by atoms with van der Waals surface area (Å²) in [5.74, 6) is -0.358. The number of rotatable bonds is 6. The number of benzene rings is 2. The van der Waals surface area contributed by atoms with Crippen LogP contribution in [0.2, 0.25) is 0 Å². The molecule has 9 heteroatoms. The summed E-state index contributed by atoms with van der Waals surface area (Å²) in [6, 6.07) is 17.4. The van der Waals surface area contributed by atoms with Crippen LogP contribution in [-0.4, -0.2) is 67.2 Å². The van der Waals surface area contributed by atoms with Gasteiger partial charge in [-0.25, -0.2) is 12.8 Å². The Labute approximate surface area is 216 Å². The van der Waals surface area contributed by atoms with Crippen LogP contribution < -0.4 is 0 Å². The van der Waals surface area contributed by atoms with E-state index in [0.29, 0.717) is 19.6 Å². The molecule has 0 saturated carbocycles. The molecule has 0 spiro atoms. The van der Waals surface area contributed by atoms with Gasteiger partial charge in [-0.2, -0.15) is 4.31 Å². The van der Waals surface area contributed by atoms with Crippen LogP contribution in [0.5, 0.6) is 0 Å². The number of amides is 1. The standard InChI is InChI=1S/C27H30FN3O3S2/c1-20-17-29(13-14-31(20)36(33,34)19-21-6-3-2-4-7-21)26(32)18-30-12-10-25-24(11-15-35-25)27(30)22-8-5-9-23(28)16-22/h2-9,11,15-16,20,27H,10,12-14,17-19H2,1H3. The van der Waals surface area contributed by atoms with Gasteiger partial charge in [0.2, 0.25) is 15.9 Å². The number of piperazine rings is 1. The van der Waals surface area contributed by atoms with Crippen molar-refractivity contribution in [1.29, 1.82) is 0 Å². The minimum Gasteiger partial charge on any atom is -0.339 e. The van der Waals surface area contributed by atoms with E-state index in [4.69, 9.17) is 0 Å². The highest BCUT2D eigenvalue weighted by Crippen LogP contribution is 2.38. The van der Waals surface area contributed by atoms with Crippen molar-refractivity contribution >= 4 is 27.3 Å². The molecule has 1 fully saturated rings. The summed E-state index contributed by atoms with van der Waals surface area (Å²) in [4.78, 5) is 18.6. The van der Waals surface area contributed by atoms with Gasteiger partial charge in [-0.15, -0.1) is 11.3 Å². The Morgan fingerprint density at radius 2 is 1.86 bits per heavy atom. The monoisotopic (exact) mass is 527 g/mol. The van der Waals surface area contributed by atoms with E-state index < -0.39 is 10.0 Å². The van der Waals surface area contributed by atoms with Gasteiger partial charge in [-0.3, -0.25) is 9.69 Å². The van der Waals surface area contributed by atoms with Crippen molar-refractivity contribution in [1.82, 2.24) is 14.1 Å². The predicted molar refractivity (Wildman–Crippen MR) is 140 cm³/mol. The third-order valence-corrected chi connectivity index (χ3v) is 9.99. The fraction of sp³-hybridized carbons (Fsp3) is 0.370. The molecule has 0 radical (unpaired) electrons. The third kappa shape index (κ3) is 5.25. The molecule has 1 saturated heterocycles. The van der Waals surface area contributed by atoms with E-state index in [1.807, 2.05) is 43.3 Å². The predicted octanol–water partition coefficient (Wildman–Crippen LogP) is 3.90. The van der Waals surface area contributed by atoms with Gasteiger partial charge in [0, 0.05) is 37.1 Å². The number of thiophene rings is 1. The lowest BCUT2D eigenvalue weighted by Crippen LogP contribution is -2.57. The van der Waals surface area contributed by atoms with Gasteiger partial charge in [0.25, 0.3) is 0 Å². The average Bonchev–Trinajstić information content (AvgIpc) is 3.33. The Bertz CT molecular complexity index is 1330. The Morgan fingerprint density at radius 1 is 1.06 bits per heavy atom. The highest BCUT2D eigenvalue weighted by Gasteiger charge is 2.36. The van der Waals surface area contributed by atoms with E-state index in [2.05, 4.69) is 16.3 Å². The maximum Gasteiger partial charge on any atom is 0.236 e. The van der Waals surface area contributed by atoms with Crippen LogP contribution in [0.3, 0.4) is 0 Å². The molecule has 190 valence electrons. The van der Waals surface area contributed by atoms with Gasteiger partial charge < -0.3 is 4.90 Å². The average molecular weight is 528 g/mol. The Balaban J connectivity index is 1.27. The molecule has 2 aromatic carbocycles. The minimum absolute atomic E-state index is 0.0259. The molecule has 2 atom stereocenters. The lowest BCUT2D eigenvalue weighted by Gasteiger charge is -2.41.